The van der Waals surface area contributed by atoms with Gasteiger partial charge in [-0.25, -0.2) is 8.42 Å². The second-order valence-corrected chi connectivity index (χ2v) is 6.19. The molecule has 0 amide bonds. The van der Waals surface area contributed by atoms with Gasteiger partial charge in [0.1, 0.15) is 0 Å². The summed E-state index contributed by atoms with van der Waals surface area (Å²) < 4.78 is 26.0. The summed E-state index contributed by atoms with van der Waals surface area (Å²) in [7, 11) is -3.44. The summed E-state index contributed by atoms with van der Waals surface area (Å²) in [5, 5.41) is -0.144. The van der Waals surface area contributed by atoms with Gasteiger partial charge in [-0.15, -0.1) is 0 Å². The van der Waals surface area contributed by atoms with Crippen molar-refractivity contribution < 1.29 is 8.42 Å². The van der Waals surface area contributed by atoms with E-state index in [-0.39, 0.29) is 6.54 Å². The fourth-order valence-corrected chi connectivity index (χ4v) is 2.24. The van der Waals surface area contributed by atoms with E-state index in [4.69, 9.17) is 17.3 Å². The molecule has 0 bridgehead atoms. The highest BCUT2D eigenvalue weighted by molar-refractivity contribution is 7.93. The Bertz CT molecular complexity index is 474. The van der Waals surface area contributed by atoms with Crippen molar-refractivity contribution in [3.63, 3.8) is 0 Å². The SMILES string of the molecule is Cc1ccc(Cl)cc1NS(=O)(=O)C(C)CN. The van der Waals surface area contributed by atoms with E-state index in [9.17, 15) is 8.42 Å². The van der Waals surface area contributed by atoms with Crippen LogP contribution >= 0.6 is 11.6 Å². The summed E-state index contributed by atoms with van der Waals surface area (Å²) in [5.74, 6) is 0. The summed E-state index contributed by atoms with van der Waals surface area (Å²) in [5.41, 5.74) is 6.64. The van der Waals surface area contributed by atoms with Crippen molar-refractivity contribution in [3.05, 3.63) is 28.8 Å². The molecule has 0 fully saturated rings. The number of nitrogens with one attached hydrogen (secondary N) is 1. The van der Waals surface area contributed by atoms with Gasteiger partial charge in [-0.3, -0.25) is 4.72 Å². The van der Waals surface area contributed by atoms with Crippen LogP contribution in [0.2, 0.25) is 5.02 Å². The number of halogens is 1. The van der Waals surface area contributed by atoms with Gasteiger partial charge in [0.15, 0.2) is 0 Å². The van der Waals surface area contributed by atoms with Gasteiger partial charge in [0, 0.05) is 11.6 Å². The van der Waals surface area contributed by atoms with Gasteiger partial charge in [0.05, 0.1) is 10.9 Å². The maximum absolute atomic E-state index is 11.8. The molecule has 3 N–H and O–H groups in total. The van der Waals surface area contributed by atoms with Crippen molar-refractivity contribution in [2.75, 3.05) is 11.3 Å². The number of hydrogen-bond donors (Lipinski definition) is 2. The highest BCUT2D eigenvalue weighted by atomic mass is 35.5. The monoisotopic (exact) mass is 262 g/mol. The molecule has 0 saturated carbocycles. The second-order valence-electron chi connectivity index (χ2n) is 3.65. The maximum Gasteiger partial charge on any atom is 0.236 e. The summed E-state index contributed by atoms with van der Waals surface area (Å²) in [4.78, 5) is 0. The van der Waals surface area contributed by atoms with Crippen LogP contribution in [0.3, 0.4) is 0 Å². The zero-order valence-corrected chi connectivity index (χ0v) is 10.8. The standard InChI is InChI=1S/C10H15ClN2O2S/c1-7-3-4-9(11)5-10(7)13-16(14,15)8(2)6-12/h3-5,8,13H,6,12H2,1-2H3. The molecule has 0 aliphatic heterocycles. The fourth-order valence-electron chi connectivity index (χ4n) is 1.08. The van der Waals surface area contributed by atoms with E-state index in [2.05, 4.69) is 4.72 Å². The summed E-state index contributed by atoms with van der Waals surface area (Å²) >= 11 is 5.80. The first-order valence-corrected chi connectivity index (χ1v) is 6.77. The predicted octanol–water partition coefficient (Wildman–Crippen LogP) is 1.74. The minimum absolute atomic E-state index is 0.0783. The number of hydrogen-bond acceptors (Lipinski definition) is 3. The molecular formula is C10H15ClN2O2S. The molecular weight excluding hydrogens is 248 g/mol. The van der Waals surface area contributed by atoms with Crippen molar-refractivity contribution in [1.29, 1.82) is 0 Å². The van der Waals surface area contributed by atoms with Crippen LogP contribution in [-0.4, -0.2) is 20.2 Å². The summed E-state index contributed by atoms with van der Waals surface area (Å²) in [6.07, 6.45) is 0. The van der Waals surface area contributed by atoms with Crippen molar-refractivity contribution in [2.45, 2.75) is 19.1 Å². The molecule has 90 valence electrons. The Labute approximate surface area is 101 Å². The van der Waals surface area contributed by atoms with E-state index in [0.717, 1.165) is 5.56 Å². The number of sulfonamides is 1. The molecule has 1 aromatic rings. The minimum Gasteiger partial charge on any atom is -0.329 e. The first-order chi connectivity index (χ1) is 7.36. The van der Waals surface area contributed by atoms with Crippen LogP contribution < -0.4 is 10.5 Å². The summed E-state index contributed by atoms with van der Waals surface area (Å²) in [6.45, 7) is 3.44. The van der Waals surface area contributed by atoms with Crippen LogP contribution in [0.1, 0.15) is 12.5 Å². The molecule has 4 nitrogen and oxygen atoms in total. The van der Waals surface area contributed by atoms with E-state index in [1.54, 1.807) is 32.0 Å². The Morgan fingerprint density at radius 2 is 2.12 bits per heavy atom. The van der Waals surface area contributed by atoms with E-state index < -0.39 is 15.3 Å². The van der Waals surface area contributed by atoms with E-state index in [0.29, 0.717) is 10.7 Å². The first-order valence-electron chi connectivity index (χ1n) is 4.84. The molecule has 1 rings (SSSR count). The van der Waals surface area contributed by atoms with Crippen LogP contribution in [0.25, 0.3) is 0 Å². The van der Waals surface area contributed by atoms with Crippen LogP contribution in [0, 0.1) is 6.92 Å². The van der Waals surface area contributed by atoms with Crippen LogP contribution in [0.15, 0.2) is 18.2 Å². The third-order valence-electron chi connectivity index (χ3n) is 2.31. The van der Waals surface area contributed by atoms with Crippen LogP contribution in [-0.2, 0) is 10.0 Å². The zero-order valence-electron chi connectivity index (χ0n) is 9.20. The van der Waals surface area contributed by atoms with E-state index in [1.165, 1.54) is 0 Å². The zero-order chi connectivity index (χ0) is 12.3. The number of aryl methyl sites for hydroxylation is 1. The largest absolute Gasteiger partial charge is 0.329 e. The number of anilines is 1. The minimum atomic E-state index is -3.44. The van der Waals surface area contributed by atoms with Gasteiger partial charge in [-0.1, -0.05) is 17.7 Å². The smallest absolute Gasteiger partial charge is 0.236 e. The summed E-state index contributed by atoms with van der Waals surface area (Å²) in [6, 6.07) is 5.05. The Morgan fingerprint density at radius 1 is 1.50 bits per heavy atom. The molecule has 1 atom stereocenters. The molecule has 0 radical (unpaired) electrons. The van der Waals surface area contributed by atoms with Gasteiger partial charge < -0.3 is 5.73 Å². The normalized spacial score (nSPS) is 13.5. The second kappa shape index (κ2) is 5.03. The van der Waals surface area contributed by atoms with E-state index in [1.807, 2.05) is 0 Å². The average molecular weight is 263 g/mol. The predicted molar refractivity (Wildman–Crippen MR) is 67.2 cm³/mol. The quantitative estimate of drug-likeness (QED) is 0.868. The Morgan fingerprint density at radius 3 is 2.69 bits per heavy atom. The molecule has 16 heavy (non-hydrogen) atoms. The van der Waals surface area contributed by atoms with Gasteiger partial charge in [-0.2, -0.15) is 0 Å². The lowest BCUT2D eigenvalue weighted by molar-refractivity contribution is 0.589. The first kappa shape index (κ1) is 13.3. The number of nitrogens with two attached hydrogens (primary N) is 1. The molecule has 0 aliphatic carbocycles. The van der Waals surface area contributed by atoms with Crippen molar-refractivity contribution in [3.8, 4) is 0 Å². The molecule has 0 aliphatic rings. The third kappa shape index (κ3) is 3.10. The molecule has 0 aromatic heterocycles. The average Bonchev–Trinajstić information content (AvgIpc) is 2.22. The van der Waals surface area contributed by atoms with Crippen LogP contribution in [0.4, 0.5) is 5.69 Å². The van der Waals surface area contributed by atoms with Crippen molar-refractivity contribution >= 4 is 27.3 Å². The van der Waals surface area contributed by atoms with E-state index >= 15 is 0 Å². The van der Waals surface area contributed by atoms with Crippen molar-refractivity contribution in [1.82, 2.24) is 0 Å². The van der Waals surface area contributed by atoms with Crippen LogP contribution in [0.5, 0.6) is 0 Å². The topological polar surface area (TPSA) is 72.2 Å². The highest BCUT2D eigenvalue weighted by Crippen LogP contribution is 2.21. The Kier molecular flexibility index (Phi) is 4.18. The van der Waals surface area contributed by atoms with Gasteiger partial charge in [0.2, 0.25) is 10.0 Å². The number of rotatable bonds is 4. The molecule has 0 spiro atoms. The van der Waals surface area contributed by atoms with Gasteiger partial charge >= 0.3 is 0 Å². The molecule has 6 heteroatoms. The molecule has 0 heterocycles. The highest BCUT2D eigenvalue weighted by Gasteiger charge is 2.19. The maximum atomic E-state index is 11.8. The van der Waals surface area contributed by atoms with Gasteiger partial charge in [0.25, 0.3) is 0 Å². The lowest BCUT2D eigenvalue weighted by Gasteiger charge is -2.14. The lowest BCUT2D eigenvalue weighted by atomic mass is 10.2. The molecule has 1 unspecified atom stereocenters. The lowest BCUT2D eigenvalue weighted by Crippen LogP contribution is -2.31. The molecule has 1 aromatic carbocycles. The van der Waals surface area contributed by atoms with Gasteiger partial charge in [-0.05, 0) is 31.5 Å². The third-order valence-corrected chi connectivity index (χ3v) is 4.30. The Hall–Kier alpha value is -0.780. The molecule has 0 saturated heterocycles. The fraction of sp³-hybridized carbons (Fsp3) is 0.400. The van der Waals surface area contributed by atoms with Crippen molar-refractivity contribution in [2.24, 2.45) is 5.73 Å². The Balaban J connectivity index is 3.01. The number of benzene rings is 1.